The van der Waals surface area contributed by atoms with E-state index >= 15 is 0 Å². The number of hydrogen-bond acceptors (Lipinski definition) is 3. The van der Waals surface area contributed by atoms with Crippen LogP contribution in [0.3, 0.4) is 0 Å². The summed E-state index contributed by atoms with van der Waals surface area (Å²) >= 11 is 2.14. The second-order valence-electron chi connectivity index (χ2n) is 2.80. The molecule has 0 heterocycles. The molecule has 0 aliphatic rings. The first-order valence-corrected chi connectivity index (χ1v) is 5.16. The van der Waals surface area contributed by atoms with E-state index in [-0.39, 0.29) is 18.6 Å². The molecule has 1 aromatic carbocycles. The first-order valence-electron chi connectivity index (χ1n) is 4.08. The number of hydrogen-bond donors (Lipinski definition) is 0. The third-order valence-electron chi connectivity index (χ3n) is 1.72. The zero-order chi connectivity index (χ0) is 10.6. The van der Waals surface area contributed by atoms with Crippen LogP contribution in [-0.2, 0) is 4.79 Å². The number of aliphatic carboxylic acids is 1. The minimum Gasteiger partial charge on any atom is -0.550 e. The average Bonchev–Trinajstić information content (AvgIpc) is 2.15. The molecule has 0 atom stereocenters. The van der Waals surface area contributed by atoms with Crippen LogP contribution in [0.15, 0.2) is 24.3 Å². The van der Waals surface area contributed by atoms with Crippen molar-refractivity contribution in [3.63, 3.8) is 0 Å². The molecule has 4 heteroatoms. The summed E-state index contributed by atoms with van der Waals surface area (Å²) in [6, 6.07) is 7.01. The normalized spacial score (nSPS) is 9.79. The van der Waals surface area contributed by atoms with E-state index in [0.29, 0.717) is 5.56 Å². The Morgan fingerprint density at radius 3 is 2.21 bits per heavy atom. The number of carboxylic acids is 1. The second-order valence-corrected chi connectivity index (χ2v) is 4.05. The number of ketones is 1. The fourth-order valence-corrected chi connectivity index (χ4v) is 1.36. The Kier molecular flexibility index (Phi) is 4.06. The van der Waals surface area contributed by atoms with Crippen LogP contribution in [0.2, 0.25) is 0 Å². The molecule has 0 saturated heterocycles. The lowest BCUT2D eigenvalue weighted by atomic mass is 10.1. The van der Waals surface area contributed by atoms with Crippen molar-refractivity contribution in [2.75, 3.05) is 0 Å². The quantitative estimate of drug-likeness (QED) is 0.616. The molecular formula is C10H8IO3-. The molecule has 0 radical (unpaired) electrons. The highest BCUT2D eigenvalue weighted by atomic mass is 127. The van der Waals surface area contributed by atoms with E-state index in [1.807, 2.05) is 12.1 Å². The van der Waals surface area contributed by atoms with Crippen LogP contribution in [0.25, 0.3) is 0 Å². The summed E-state index contributed by atoms with van der Waals surface area (Å²) in [4.78, 5) is 21.5. The van der Waals surface area contributed by atoms with Crippen LogP contribution in [0.1, 0.15) is 23.2 Å². The number of Topliss-reactive ketones (excluding diaryl/α,β-unsaturated/α-hetero) is 1. The fraction of sp³-hybridized carbons (Fsp3) is 0.200. The van der Waals surface area contributed by atoms with Crippen molar-refractivity contribution in [2.45, 2.75) is 12.8 Å². The molecule has 14 heavy (non-hydrogen) atoms. The van der Waals surface area contributed by atoms with E-state index in [9.17, 15) is 14.7 Å². The third kappa shape index (κ3) is 3.45. The predicted octanol–water partition coefficient (Wildman–Crippen LogP) is 1.00. The number of carbonyl (C=O) groups is 2. The predicted molar refractivity (Wildman–Crippen MR) is 57.7 cm³/mol. The molecule has 0 N–H and O–H groups in total. The van der Waals surface area contributed by atoms with Crippen molar-refractivity contribution < 1.29 is 14.7 Å². The summed E-state index contributed by atoms with van der Waals surface area (Å²) in [5.41, 5.74) is 0.548. The standard InChI is InChI=1S/C10H9IO3/c11-8-3-1-7(2-4-8)9(12)5-6-10(13)14/h1-4H,5-6H2,(H,13,14)/p-1. The third-order valence-corrected chi connectivity index (χ3v) is 2.44. The molecular weight excluding hydrogens is 295 g/mol. The van der Waals surface area contributed by atoms with Crippen LogP contribution in [0.4, 0.5) is 0 Å². The highest BCUT2D eigenvalue weighted by molar-refractivity contribution is 14.1. The van der Waals surface area contributed by atoms with Crippen molar-refractivity contribution in [3.05, 3.63) is 33.4 Å². The molecule has 0 fully saturated rings. The summed E-state index contributed by atoms with van der Waals surface area (Å²) in [7, 11) is 0. The molecule has 74 valence electrons. The van der Waals surface area contributed by atoms with Crippen LogP contribution < -0.4 is 5.11 Å². The topological polar surface area (TPSA) is 57.2 Å². The monoisotopic (exact) mass is 303 g/mol. The summed E-state index contributed by atoms with van der Waals surface area (Å²) in [5, 5.41) is 10.1. The first kappa shape index (κ1) is 11.2. The minimum atomic E-state index is -1.19. The SMILES string of the molecule is O=C([O-])CCC(=O)c1ccc(I)cc1. The molecule has 0 aromatic heterocycles. The van der Waals surface area contributed by atoms with E-state index in [0.717, 1.165) is 3.57 Å². The maximum Gasteiger partial charge on any atom is 0.163 e. The number of carboxylic acid groups (broad SMARTS) is 1. The first-order chi connectivity index (χ1) is 6.59. The lowest BCUT2D eigenvalue weighted by Crippen LogP contribution is -2.22. The Balaban J connectivity index is 2.61. The number of benzene rings is 1. The molecule has 0 saturated carbocycles. The van der Waals surface area contributed by atoms with Crippen LogP contribution in [-0.4, -0.2) is 11.8 Å². The molecule has 0 aliphatic carbocycles. The Morgan fingerprint density at radius 1 is 1.14 bits per heavy atom. The van der Waals surface area contributed by atoms with Crippen molar-refractivity contribution in [1.82, 2.24) is 0 Å². The number of halogens is 1. The van der Waals surface area contributed by atoms with Gasteiger partial charge in [0.1, 0.15) is 0 Å². The van der Waals surface area contributed by atoms with E-state index in [4.69, 9.17) is 0 Å². The van der Waals surface area contributed by atoms with Crippen molar-refractivity contribution >= 4 is 34.3 Å². The lowest BCUT2D eigenvalue weighted by Gasteiger charge is -2.01. The van der Waals surface area contributed by atoms with E-state index in [1.54, 1.807) is 12.1 Å². The van der Waals surface area contributed by atoms with Gasteiger partial charge in [0.15, 0.2) is 5.78 Å². The molecule has 0 unspecified atom stereocenters. The molecule has 0 bridgehead atoms. The smallest absolute Gasteiger partial charge is 0.163 e. The molecule has 1 aromatic rings. The van der Waals surface area contributed by atoms with Gasteiger partial charge in [-0.25, -0.2) is 0 Å². The Morgan fingerprint density at radius 2 is 1.71 bits per heavy atom. The largest absolute Gasteiger partial charge is 0.550 e. The van der Waals surface area contributed by atoms with Gasteiger partial charge < -0.3 is 9.90 Å². The Bertz CT molecular complexity index is 343. The fourth-order valence-electron chi connectivity index (χ4n) is 0.996. The maximum absolute atomic E-state index is 11.4. The van der Waals surface area contributed by atoms with Crippen molar-refractivity contribution in [3.8, 4) is 0 Å². The highest BCUT2D eigenvalue weighted by Crippen LogP contribution is 2.09. The highest BCUT2D eigenvalue weighted by Gasteiger charge is 2.04. The lowest BCUT2D eigenvalue weighted by molar-refractivity contribution is -0.305. The summed E-state index contributed by atoms with van der Waals surface area (Å²) in [6.45, 7) is 0. The zero-order valence-electron chi connectivity index (χ0n) is 7.33. The Hall–Kier alpha value is -0.910. The second kappa shape index (κ2) is 5.09. The Labute approximate surface area is 95.3 Å². The van der Waals surface area contributed by atoms with Gasteiger partial charge in [-0.1, -0.05) is 12.1 Å². The molecule has 1 rings (SSSR count). The number of carbonyl (C=O) groups excluding carboxylic acids is 2. The van der Waals surface area contributed by atoms with E-state index in [2.05, 4.69) is 22.6 Å². The van der Waals surface area contributed by atoms with Crippen LogP contribution in [0.5, 0.6) is 0 Å². The van der Waals surface area contributed by atoms with Crippen molar-refractivity contribution in [2.24, 2.45) is 0 Å². The van der Waals surface area contributed by atoms with Crippen LogP contribution >= 0.6 is 22.6 Å². The summed E-state index contributed by atoms with van der Waals surface area (Å²) in [5.74, 6) is -1.35. The summed E-state index contributed by atoms with van der Waals surface area (Å²) < 4.78 is 1.04. The van der Waals surface area contributed by atoms with Gasteiger partial charge in [-0.3, -0.25) is 4.79 Å². The molecule has 3 nitrogen and oxygen atoms in total. The summed E-state index contributed by atoms with van der Waals surface area (Å²) in [6.07, 6.45) is -0.215. The van der Waals surface area contributed by atoms with Gasteiger partial charge in [0.05, 0.1) is 0 Å². The van der Waals surface area contributed by atoms with Gasteiger partial charge in [0.2, 0.25) is 0 Å². The zero-order valence-corrected chi connectivity index (χ0v) is 9.48. The van der Waals surface area contributed by atoms with Gasteiger partial charge >= 0.3 is 0 Å². The van der Waals surface area contributed by atoms with Gasteiger partial charge in [-0.2, -0.15) is 0 Å². The van der Waals surface area contributed by atoms with E-state index < -0.39 is 5.97 Å². The number of rotatable bonds is 4. The van der Waals surface area contributed by atoms with Gasteiger partial charge in [-0.15, -0.1) is 0 Å². The average molecular weight is 303 g/mol. The maximum atomic E-state index is 11.4. The molecule has 0 aliphatic heterocycles. The van der Waals surface area contributed by atoms with Crippen LogP contribution in [0, 0.1) is 3.57 Å². The molecule has 0 spiro atoms. The molecule has 0 amide bonds. The van der Waals surface area contributed by atoms with Gasteiger partial charge in [0, 0.05) is 21.5 Å². The van der Waals surface area contributed by atoms with Gasteiger partial charge in [0.25, 0.3) is 0 Å². The van der Waals surface area contributed by atoms with Crippen molar-refractivity contribution in [1.29, 1.82) is 0 Å². The van der Waals surface area contributed by atoms with Gasteiger partial charge in [-0.05, 0) is 41.1 Å². The minimum absolute atomic E-state index is 0.00290. The van der Waals surface area contributed by atoms with E-state index in [1.165, 1.54) is 0 Å².